The van der Waals surface area contributed by atoms with Crippen LogP contribution in [0.15, 0.2) is 0 Å². The van der Waals surface area contributed by atoms with Crippen molar-refractivity contribution >= 4 is 0 Å². The molecule has 2 heterocycles. The molecule has 2 rings (SSSR count). The summed E-state index contributed by atoms with van der Waals surface area (Å²) in [6, 6.07) is 0.682. The monoisotopic (exact) mass is 212 g/mol. The van der Waals surface area contributed by atoms with Crippen LogP contribution in [0.25, 0.3) is 0 Å². The molecule has 2 saturated heterocycles. The smallest absolute Gasteiger partial charge is 0.0569 e. The summed E-state index contributed by atoms with van der Waals surface area (Å²) < 4.78 is 0. The van der Waals surface area contributed by atoms with E-state index in [0.717, 1.165) is 38.8 Å². The second-order valence-electron chi connectivity index (χ2n) is 5.03. The standard InChI is InChI=1S/C12H24N2O/c15-12(10-5-8-13-9-6-10)4-3-11-2-1-7-14-11/h10-15H,1-9H2. The lowest BCUT2D eigenvalue weighted by Crippen LogP contribution is -2.34. The number of hydrogen-bond acceptors (Lipinski definition) is 3. The Morgan fingerprint density at radius 2 is 1.93 bits per heavy atom. The zero-order valence-electron chi connectivity index (χ0n) is 9.54. The molecule has 88 valence electrons. The average molecular weight is 212 g/mol. The van der Waals surface area contributed by atoms with Gasteiger partial charge in [-0.25, -0.2) is 0 Å². The summed E-state index contributed by atoms with van der Waals surface area (Å²) in [5.41, 5.74) is 0. The van der Waals surface area contributed by atoms with Crippen LogP contribution in [-0.2, 0) is 0 Å². The molecule has 0 aliphatic carbocycles. The van der Waals surface area contributed by atoms with E-state index in [1.807, 2.05) is 0 Å². The van der Waals surface area contributed by atoms with Gasteiger partial charge in [-0.1, -0.05) is 0 Å². The van der Waals surface area contributed by atoms with Gasteiger partial charge < -0.3 is 15.7 Å². The number of rotatable bonds is 4. The predicted octanol–water partition coefficient (Wildman–Crippen LogP) is 0.879. The van der Waals surface area contributed by atoms with E-state index in [1.54, 1.807) is 0 Å². The lowest BCUT2D eigenvalue weighted by atomic mass is 9.89. The number of aliphatic hydroxyl groups is 1. The van der Waals surface area contributed by atoms with Crippen LogP contribution in [0.4, 0.5) is 0 Å². The van der Waals surface area contributed by atoms with Crippen LogP contribution >= 0.6 is 0 Å². The van der Waals surface area contributed by atoms with Crippen LogP contribution < -0.4 is 10.6 Å². The van der Waals surface area contributed by atoms with E-state index >= 15 is 0 Å². The van der Waals surface area contributed by atoms with Crippen molar-refractivity contribution < 1.29 is 5.11 Å². The van der Waals surface area contributed by atoms with Crippen molar-refractivity contribution in [2.45, 2.75) is 50.7 Å². The first-order valence-corrected chi connectivity index (χ1v) is 6.48. The summed E-state index contributed by atoms with van der Waals surface area (Å²) in [6.07, 6.45) is 7.01. The molecule has 2 unspecified atom stereocenters. The van der Waals surface area contributed by atoms with Crippen LogP contribution in [0, 0.1) is 5.92 Å². The Hall–Kier alpha value is -0.120. The maximum absolute atomic E-state index is 10.1. The Morgan fingerprint density at radius 1 is 1.13 bits per heavy atom. The fourth-order valence-electron chi connectivity index (χ4n) is 2.84. The van der Waals surface area contributed by atoms with Gasteiger partial charge in [0.25, 0.3) is 0 Å². The topological polar surface area (TPSA) is 44.3 Å². The Balaban J connectivity index is 1.64. The molecule has 0 bridgehead atoms. The number of piperidine rings is 1. The first-order valence-electron chi connectivity index (χ1n) is 6.48. The molecule has 3 N–H and O–H groups in total. The van der Waals surface area contributed by atoms with Gasteiger partial charge in [0.05, 0.1) is 6.10 Å². The summed E-state index contributed by atoms with van der Waals surface area (Å²) in [6.45, 7) is 3.35. The molecule has 2 aliphatic heterocycles. The van der Waals surface area contributed by atoms with E-state index in [2.05, 4.69) is 10.6 Å². The highest BCUT2D eigenvalue weighted by molar-refractivity contribution is 4.79. The van der Waals surface area contributed by atoms with Gasteiger partial charge in [-0.15, -0.1) is 0 Å². The lowest BCUT2D eigenvalue weighted by Gasteiger charge is -2.27. The van der Waals surface area contributed by atoms with Crippen molar-refractivity contribution in [1.82, 2.24) is 10.6 Å². The number of nitrogens with one attached hydrogen (secondary N) is 2. The summed E-state index contributed by atoms with van der Waals surface area (Å²) >= 11 is 0. The first-order chi connectivity index (χ1) is 7.36. The van der Waals surface area contributed by atoms with Crippen LogP contribution in [0.5, 0.6) is 0 Å². The molecule has 3 heteroatoms. The second kappa shape index (κ2) is 5.83. The third kappa shape index (κ3) is 3.44. The molecule has 2 fully saturated rings. The van der Waals surface area contributed by atoms with Crippen molar-refractivity contribution in [1.29, 1.82) is 0 Å². The van der Waals surface area contributed by atoms with Crippen LogP contribution in [0.1, 0.15) is 38.5 Å². The minimum atomic E-state index is -0.0606. The molecule has 3 nitrogen and oxygen atoms in total. The highest BCUT2D eigenvalue weighted by atomic mass is 16.3. The summed E-state index contributed by atoms with van der Waals surface area (Å²) in [5, 5.41) is 16.9. The van der Waals surface area contributed by atoms with Crippen molar-refractivity contribution in [2.75, 3.05) is 19.6 Å². The summed E-state index contributed by atoms with van der Waals surface area (Å²) in [7, 11) is 0. The summed E-state index contributed by atoms with van der Waals surface area (Å²) in [5.74, 6) is 0.549. The normalized spacial score (nSPS) is 30.6. The fraction of sp³-hybridized carbons (Fsp3) is 1.00. The van der Waals surface area contributed by atoms with Gasteiger partial charge in [0.2, 0.25) is 0 Å². The van der Waals surface area contributed by atoms with Gasteiger partial charge in [0, 0.05) is 6.04 Å². The highest BCUT2D eigenvalue weighted by Crippen LogP contribution is 2.21. The Morgan fingerprint density at radius 3 is 2.60 bits per heavy atom. The van der Waals surface area contributed by atoms with Crippen molar-refractivity contribution in [3.63, 3.8) is 0 Å². The van der Waals surface area contributed by atoms with E-state index in [-0.39, 0.29) is 6.10 Å². The number of aliphatic hydroxyl groups excluding tert-OH is 1. The van der Waals surface area contributed by atoms with E-state index in [9.17, 15) is 5.11 Å². The molecule has 0 amide bonds. The lowest BCUT2D eigenvalue weighted by molar-refractivity contribution is 0.0769. The van der Waals surface area contributed by atoms with Gasteiger partial charge in [-0.05, 0) is 64.1 Å². The maximum atomic E-state index is 10.1. The fourth-order valence-corrected chi connectivity index (χ4v) is 2.84. The Labute approximate surface area is 92.6 Å². The van der Waals surface area contributed by atoms with Crippen molar-refractivity contribution in [3.8, 4) is 0 Å². The average Bonchev–Trinajstić information content (AvgIpc) is 2.80. The van der Waals surface area contributed by atoms with Gasteiger partial charge in [-0.2, -0.15) is 0 Å². The first kappa shape index (κ1) is 11.4. The quantitative estimate of drug-likeness (QED) is 0.648. The third-order valence-electron chi connectivity index (χ3n) is 3.90. The Bertz CT molecular complexity index is 174. The molecule has 2 atom stereocenters. The minimum absolute atomic E-state index is 0.0606. The molecule has 0 saturated carbocycles. The van der Waals surface area contributed by atoms with Crippen molar-refractivity contribution in [3.05, 3.63) is 0 Å². The van der Waals surface area contributed by atoms with Gasteiger partial charge in [0.1, 0.15) is 0 Å². The van der Waals surface area contributed by atoms with E-state index in [4.69, 9.17) is 0 Å². The van der Waals surface area contributed by atoms with E-state index in [1.165, 1.54) is 19.4 Å². The summed E-state index contributed by atoms with van der Waals surface area (Å²) in [4.78, 5) is 0. The second-order valence-corrected chi connectivity index (χ2v) is 5.03. The van der Waals surface area contributed by atoms with Crippen molar-refractivity contribution in [2.24, 2.45) is 5.92 Å². The Kier molecular flexibility index (Phi) is 4.42. The SMILES string of the molecule is OC(CCC1CCCN1)C1CCNCC1. The molecule has 15 heavy (non-hydrogen) atoms. The van der Waals surface area contributed by atoms with Crippen LogP contribution in [-0.4, -0.2) is 36.9 Å². The molecule has 0 spiro atoms. The highest BCUT2D eigenvalue weighted by Gasteiger charge is 2.23. The van der Waals surface area contributed by atoms with E-state index < -0.39 is 0 Å². The van der Waals surface area contributed by atoms with Crippen LogP contribution in [0.3, 0.4) is 0 Å². The maximum Gasteiger partial charge on any atom is 0.0569 e. The third-order valence-corrected chi connectivity index (χ3v) is 3.90. The molecular weight excluding hydrogens is 188 g/mol. The zero-order chi connectivity index (χ0) is 10.5. The van der Waals surface area contributed by atoms with Gasteiger partial charge >= 0.3 is 0 Å². The number of hydrogen-bond donors (Lipinski definition) is 3. The van der Waals surface area contributed by atoms with Gasteiger partial charge in [0.15, 0.2) is 0 Å². The molecule has 0 aromatic carbocycles. The molecule has 0 aromatic rings. The predicted molar refractivity (Wildman–Crippen MR) is 61.9 cm³/mol. The van der Waals surface area contributed by atoms with E-state index in [0.29, 0.717) is 12.0 Å². The molecule has 2 aliphatic rings. The largest absolute Gasteiger partial charge is 0.393 e. The molecule has 0 radical (unpaired) electrons. The van der Waals surface area contributed by atoms with Crippen LogP contribution in [0.2, 0.25) is 0 Å². The van der Waals surface area contributed by atoms with Gasteiger partial charge in [-0.3, -0.25) is 0 Å². The molecule has 0 aromatic heterocycles. The zero-order valence-corrected chi connectivity index (χ0v) is 9.54. The molecular formula is C12H24N2O. The minimum Gasteiger partial charge on any atom is -0.393 e.